The van der Waals surface area contributed by atoms with Crippen LogP contribution in [0.15, 0.2) is 60.0 Å². The van der Waals surface area contributed by atoms with E-state index in [2.05, 4.69) is 4.72 Å². The molecule has 35 heavy (non-hydrogen) atoms. The molecule has 188 valence electrons. The number of nitrogen functional groups attached to an aromatic ring is 1. The van der Waals surface area contributed by atoms with Gasteiger partial charge in [0.2, 0.25) is 15.9 Å². The Morgan fingerprint density at radius 2 is 1.83 bits per heavy atom. The van der Waals surface area contributed by atoms with Gasteiger partial charge in [-0.15, -0.1) is 0 Å². The molecule has 0 radical (unpaired) electrons. The van der Waals surface area contributed by atoms with Crippen LogP contribution in [0.3, 0.4) is 0 Å². The minimum absolute atomic E-state index is 0.0366. The Balaban J connectivity index is 0.000000540. The summed E-state index contributed by atoms with van der Waals surface area (Å²) < 4.78 is 58.8. The molecule has 1 aliphatic heterocycles. The molecule has 5 N–H and O–H groups in total. The van der Waals surface area contributed by atoms with Gasteiger partial charge in [-0.3, -0.25) is 10.2 Å². The highest BCUT2D eigenvalue weighted by atomic mass is 32.2. The van der Waals surface area contributed by atoms with E-state index >= 15 is 0 Å². The number of aliphatic carboxylic acids is 1. The second kappa shape index (κ2) is 11.6. The number of sulfonamides is 1. The SMILES string of the molecule is N=C(N)c1cccc(CN2CC[C@H](NS(=O)(=O)C=Cc3ccccc3)C2=O)c1.O=C(O)C(F)(F)F. The van der Waals surface area contributed by atoms with E-state index in [9.17, 15) is 26.4 Å². The number of benzene rings is 2. The zero-order chi connectivity index (χ0) is 26.2. The van der Waals surface area contributed by atoms with Gasteiger partial charge in [0.1, 0.15) is 11.9 Å². The number of hydrogen-bond acceptors (Lipinski definition) is 5. The van der Waals surface area contributed by atoms with E-state index in [1.54, 1.807) is 35.2 Å². The van der Waals surface area contributed by atoms with Gasteiger partial charge in [0, 0.05) is 24.1 Å². The van der Waals surface area contributed by atoms with Gasteiger partial charge in [0.05, 0.1) is 0 Å². The first-order valence-corrected chi connectivity index (χ1v) is 11.6. The number of alkyl halides is 3. The Labute approximate surface area is 199 Å². The third-order valence-corrected chi connectivity index (χ3v) is 5.80. The maximum Gasteiger partial charge on any atom is 0.490 e. The average Bonchev–Trinajstić information content (AvgIpc) is 3.11. The van der Waals surface area contributed by atoms with Gasteiger partial charge in [-0.25, -0.2) is 13.2 Å². The molecule has 0 bridgehead atoms. The highest BCUT2D eigenvalue weighted by Crippen LogP contribution is 2.17. The molecule has 3 rings (SSSR count). The maximum atomic E-state index is 12.6. The number of carboxylic acids is 1. The number of carbonyl (C=O) groups is 2. The van der Waals surface area contributed by atoms with Crippen molar-refractivity contribution in [3.8, 4) is 0 Å². The van der Waals surface area contributed by atoms with Gasteiger partial charge >= 0.3 is 12.1 Å². The van der Waals surface area contributed by atoms with Crippen LogP contribution in [0.4, 0.5) is 13.2 Å². The van der Waals surface area contributed by atoms with Crippen molar-refractivity contribution in [2.45, 2.75) is 25.2 Å². The first kappa shape index (κ1) is 27.5. The molecule has 1 aliphatic rings. The van der Waals surface area contributed by atoms with Crippen LogP contribution in [0, 0.1) is 5.41 Å². The van der Waals surface area contributed by atoms with Crippen LogP contribution in [0.5, 0.6) is 0 Å². The van der Waals surface area contributed by atoms with Crippen molar-refractivity contribution in [3.05, 3.63) is 76.7 Å². The molecule has 2 aromatic rings. The minimum atomic E-state index is -5.08. The third kappa shape index (κ3) is 8.87. The largest absolute Gasteiger partial charge is 0.490 e. The van der Waals surface area contributed by atoms with Gasteiger partial charge in [-0.2, -0.15) is 17.9 Å². The van der Waals surface area contributed by atoms with Gasteiger partial charge in [0.15, 0.2) is 0 Å². The van der Waals surface area contributed by atoms with Gasteiger partial charge in [0.25, 0.3) is 0 Å². The van der Waals surface area contributed by atoms with Crippen molar-refractivity contribution in [2.24, 2.45) is 5.73 Å². The summed E-state index contributed by atoms with van der Waals surface area (Å²) in [7, 11) is -3.73. The van der Waals surface area contributed by atoms with E-state index in [-0.39, 0.29) is 11.7 Å². The normalized spacial score (nSPS) is 16.1. The summed E-state index contributed by atoms with van der Waals surface area (Å²) in [5, 5.41) is 15.7. The lowest BCUT2D eigenvalue weighted by Crippen LogP contribution is -2.40. The molecule has 1 atom stereocenters. The molecule has 13 heteroatoms. The highest BCUT2D eigenvalue weighted by molar-refractivity contribution is 7.92. The molecule has 0 aromatic heterocycles. The Kier molecular flexibility index (Phi) is 9.14. The summed E-state index contributed by atoms with van der Waals surface area (Å²) >= 11 is 0. The highest BCUT2D eigenvalue weighted by Gasteiger charge is 2.38. The first-order valence-electron chi connectivity index (χ1n) is 10.1. The lowest BCUT2D eigenvalue weighted by molar-refractivity contribution is -0.192. The predicted octanol–water partition coefficient (Wildman–Crippen LogP) is 2.30. The second-order valence-corrected chi connectivity index (χ2v) is 8.99. The van der Waals surface area contributed by atoms with E-state index in [4.69, 9.17) is 21.0 Å². The topological polar surface area (TPSA) is 154 Å². The number of rotatable bonds is 7. The van der Waals surface area contributed by atoms with Crippen molar-refractivity contribution < 1.29 is 36.3 Å². The van der Waals surface area contributed by atoms with Gasteiger partial charge in [-0.05, 0) is 29.7 Å². The second-order valence-electron chi connectivity index (χ2n) is 7.39. The van der Waals surface area contributed by atoms with Crippen molar-refractivity contribution in [2.75, 3.05) is 6.54 Å². The number of nitrogens with two attached hydrogens (primary N) is 1. The molecule has 0 aliphatic carbocycles. The monoisotopic (exact) mass is 512 g/mol. The van der Waals surface area contributed by atoms with Crippen molar-refractivity contribution in [1.82, 2.24) is 9.62 Å². The van der Waals surface area contributed by atoms with Gasteiger partial charge < -0.3 is 15.7 Å². The van der Waals surface area contributed by atoms with E-state index < -0.39 is 28.2 Å². The number of hydrogen-bond donors (Lipinski definition) is 4. The summed E-state index contributed by atoms with van der Waals surface area (Å²) in [5.74, 6) is -3.05. The number of amidine groups is 1. The fraction of sp³-hybridized carbons (Fsp3) is 0.227. The summed E-state index contributed by atoms with van der Waals surface area (Å²) in [5.41, 5.74) is 7.69. The van der Waals surface area contributed by atoms with Crippen molar-refractivity contribution in [1.29, 1.82) is 5.41 Å². The number of likely N-dealkylation sites (tertiary alicyclic amines) is 1. The minimum Gasteiger partial charge on any atom is -0.475 e. The summed E-state index contributed by atoms with van der Waals surface area (Å²) in [6.45, 7) is 0.802. The Bertz CT molecular complexity index is 1200. The molecular weight excluding hydrogens is 489 g/mol. The summed E-state index contributed by atoms with van der Waals surface area (Å²) in [6, 6.07) is 15.4. The number of carboxylic acid groups (broad SMARTS) is 1. The zero-order valence-corrected chi connectivity index (χ0v) is 19.0. The predicted molar refractivity (Wildman–Crippen MR) is 123 cm³/mol. The number of amides is 1. The summed E-state index contributed by atoms with van der Waals surface area (Å²) in [4.78, 5) is 23.1. The van der Waals surface area contributed by atoms with Crippen LogP contribution in [0.25, 0.3) is 6.08 Å². The number of nitrogens with zero attached hydrogens (tertiary/aromatic N) is 1. The molecule has 1 saturated heterocycles. The first-order chi connectivity index (χ1) is 16.3. The fourth-order valence-corrected chi connectivity index (χ4v) is 4.06. The van der Waals surface area contributed by atoms with Crippen LogP contribution < -0.4 is 10.5 Å². The molecule has 1 heterocycles. The molecular formula is C22H23F3N4O5S. The average molecular weight is 513 g/mol. The van der Waals surface area contributed by atoms with E-state index in [0.29, 0.717) is 25.1 Å². The van der Waals surface area contributed by atoms with E-state index in [0.717, 1.165) is 16.5 Å². The van der Waals surface area contributed by atoms with Crippen LogP contribution in [-0.2, 0) is 26.2 Å². The van der Waals surface area contributed by atoms with Crippen LogP contribution in [0.1, 0.15) is 23.1 Å². The summed E-state index contributed by atoms with van der Waals surface area (Å²) in [6.07, 6.45) is -3.18. The van der Waals surface area contributed by atoms with Crippen LogP contribution in [-0.4, -0.2) is 54.9 Å². The lowest BCUT2D eigenvalue weighted by Gasteiger charge is -2.17. The smallest absolute Gasteiger partial charge is 0.475 e. The molecule has 9 nitrogen and oxygen atoms in total. The lowest BCUT2D eigenvalue weighted by atomic mass is 10.1. The molecule has 0 spiro atoms. The zero-order valence-electron chi connectivity index (χ0n) is 18.2. The molecule has 2 aromatic carbocycles. The maximum absolute atomic E-state index is 12.6. The Morgan fingerprint density at radius 1 is 1.20 bits per heavy atom. The molecule has 1 amide bonds. The molecule has 0 unspecified atom stereocenters. The molecule has 1 fully saturated rings. The number of carbonyl (C=O) groups excluding carboxylic acids is 1. The van der Waals surface area contributed by atoms with Crippen molar-refractivity contribution >= 4 is 33.8 Å². The fourth-order valence-electron chi connectivity index (χ4n) is 3.03. The quantitative estimate of drug-likeness (QED) is 0.330. The van der Waals surface area contributed by atoms with E-state index in [1.807, 2.05) is 24.3 Å². The van der Waals surface area contributed by atoms with Crippen LogP contribution in [0.2, 0.25) is 0 Å². The standard InChI is InChI=1S/C20H22N4O3S.C2HF3O2/c21-19(22)17-8-4-7-16(13-17)14-24-11-9-18(20(24)25)23-28(26,27)12-10-15-5-2-1-3-6-15;3-2(4,5)1(6)7/h1-8,10,12-13,18,23H,9,11,14H2,(H3,21,22);(H,6,7)/t18-;/m0./s1. The van der Waals surface area contributed by atoms with E-state index in [1.165, 1.54) is 6.08 Å². The third-order valence-electron chi connectivity index (χ3n) is 4.70. The van der Waals surface area contributed by atoms with Gasteiger partial charge in [-0.1, -0.05) is 48.5 Å². The Hall–Kier alpha value is -3.71. The molecule has 0 saturated carbocycles. The Morgan fingerprint density at radius 3 is 2.40 bits per heavy atom. The number of halogens is 3. The number of nitrogens with one attached hydrogen (secondary N) is 2. The van der Waals surface area contributed by atoms with Crippen LogP contribution >= 0.6 is 0 Å². The van der Waals surface area contributed by atoms with Crippen molar-refractivity contribution in [3.63, 3.8) is 0 Å².